The molecule has 1 fully saturated rings. The molecule has 3 N–H and O–H groups in total. The highest BCUT2D eigenvalue weighted by Gasteiger charge is 2.46. The highest BCUT2D eigenvalue weighted by molar-refractivity contribution is 5.89. The molecule has 0 aliphatic carbocycles. The molecule has 5 heteroatoms. The van der Waals surface area contributed by atoms with Crippen LogP contribution in [0.15, 0.2) is 0 Å². The van der Waals surface area contributed by atoms with E-state index in [1.807, 2.05) is 6.92 Å². The minimum absolute atomic E-state index is 0.221. The van der Waals surface area contributed by atoms with Crippen LogP contribution in [0, 0.1) is 0 Å². The van der Waals surface area contributed by atoms with E-state index in [4.69, 9.17) is 5.73 Å². The van der Waals surface area contributed by atoms with Crippen molar-refractivity contribution in [2.24, 2.45) is 5.73 Å². The first-order chi connectivity index (χ1) is 7.93. The summed E-state index contributed by atoms with van der Waals surface area (Å²) in [7, 11) is 0. The Bertz CT molecular complexity index is 306. The zero-order valence-electron chi connectivity index (χ0n) is 10.6. The van der Waals surface area contributed by atoms with E-state index in [9.17, 15) is 14.7 Å². The Labute approximate surface area is 102 Å². The molecule has 2 atom stereocenters. The van der Waals surface area contributed by atoms with Gasteiger partial charge in [-0.1, -0.05) is 19.8 Å². The predicted octanol–water partition coefficient (Wildman–Crippen LogP) is 0.970. The van der Waals surface area contributed by atoms with Gasteiger partial charge in [-0.05, 0) is 26.2 Å². The second-order valence-electron chi connectivity index (χ2n) is 4.92. The van der Waals surface area contributed by atoms with Crippen LogP contribution in [0.4, 0.5) is 0 Å². The molecule has 1 amide bonds. The SMILES string of the molecule is CCCC[C@H](N)C(=O)N1CCCC1(C)C(=O)O. The number of nitrogens with two attached hydrogens (primary N) is 1. The van der Waals surface area contributed by atoms with Crippen molar-refractivity contribution < 1.29 is 14.7 Å². The molecule has 1 aliphatic heterocycles. The predicted molar refractivity (Wildman–Crippen MR) is 64.5 cm³/mol. The molecule has 1 unspecified atom stereocenters. The minimum Gasteiger partial charge on any atom is -0.480 e. The standard InChI is InChI=1S/C12H22N2O3/c1-3-4-6-9(13)10(15)14-8-5-7-12(14,2)11(16)17/h9H,3-8,13H2,1-2H3,(H,16,17)/t9-,12?/m0/s1. The molecule has 0 saturated carbocycles. The Hall–Kier alpha value is -1.10. The first-order valence-electron chi connectivity index (χ1n) is 6.24. The van der Waals surface area contributed by atoms with Crippen molar-refractivity contribution in [2.45, 2.75) is 57.5 Å². The number of unbranched alkanes of at least 4 members (excludes halogenated alkanes) is 1. The van der Waals surface area contributed by atoms with Crippen LogP contribution in [-0.4, -0.2) is 40.0 Å². The molecule has 1 heterocycles. The third kappa shape index (κ3) is 2.77. The van der Waals surface area contributed by atoms with Crippen LogP contribution in [0.25, 0.3) is 0 Å². The van der Waals surface area contributed by atoms with Crippen LogP contribution in [0.5, 0.6) is 0 Å². The maximum Gasteiger partial charge on any atom is 0.329 e. The van der Waals surface area contributed by atoms with Crippen molar-refractivity contribution in [1.29, 1.82) is 0 Å². The molecule has 0 aromatic heterocycles. The van der Waals surface area contributed by atoms with Crippen LogP contribution in [0.2, 0.25) is 0 Å². The van der Waals surface area contributed by atoms with Gasteiger partial charge in [0.15, 0.2) is 0 Å². The van der Waals surface area contributed by atoms with E-state index in [0.29, 0.717) is 19.4 Å². The van der Waals surface area contributed by atoms with Crippen molar-refractivity contribution >= 4 is 11.9 Å². The van der Waals surface area contributed by atoms with Crippen molar-refractivity contribution in [3.8, 4) is 0 Å². The quantitative estimate of drug-likeness (QED) is 0.752. The molecule has 1 saturated heterocycles. The zero-order chi connectivity index (χ0) is 13.1. The van der Waals surface area contributed by atoms with Gasteiger partial charge in [0, 0.05) is 6.54 Å². The summed E-state index contributed by atoms with van der Waals surface area (Å²) in [5, 5.41) is 9.21. The Morgan fingerprint density at radius 3 is 2.71 bits per heavy atom. The maximum atomic E-state index is 12.1. The average Bonchev–Trinajstić information content (AvgIpc) is 2.68. The fraction of sp³-hybridized carbons (Fsp3) is 0.833. The van der Waals surface area contributed by atoms with Gasteiger partial charge >= 0.3 is 5.97 Å². The summed E-state index contributed by atoms with van der Waals surface area (Å²) in [5.74, 6) is -1.16. The molecule has 17 heavy (non-hydrogen) atoms. The molecule has 0 spiro atoms. The lowest BCUT2D eigenvalue weighted by Gasteiger charge is -2.33. The fourth-order valence-corrected chi connectivity index (χ4v) is 2.29. The van der Waals surface area contributed by atoms with E-state index in [1.165, 1.54) is 4.90 Å². The van der Waals surface area contributed by atoms with Crippen LogP contribution in [-0.2, 0) is 9.59 Å². The first-order valence-corrected chi connectivity index (χ1v) is 6.24. The number of carbonyl (C=O) groups excluding carboxylic acids is 1. The number of rotatable bonds is 5. The van der Waals surface area contributed by atoms with Crippen LogP contribution in [0.3, 0.4) is 0 Å². The molecule has 1 rings (SSSR count). The van der Waals surface area contributed by atoms with E-state index >= 15 is 0 Å². The van der Waals surface area contributed by atoms with E-state index in [1.54, 1.807) is 6.92 Å². The molecule has 0 bridgehead atoms. The number of carboxylic acid groups (broad SMARTS) is 1. The van der Waals surface area contributed by atoms with Crippen molar-refractivity contribution in [2.75, 3.05) is 6.54 Å². The van der Waals surface area contributed by atoms with Gasteiger partial charge in [0.05, 0.1) is 6.04 Å². The number of amides is 1. The molecular formula is C12H22N2O3. The molecule has 1 aliphatic rings. The molecule has 98 valence electrons. The molecule has 5 nitrogen and oxygen atoms in total. The van der Waals surface area contributed by atoms with Crippen molar-refractivity contribution in [3.63, 3.8) is 0 Å². The lowest BCUT2D eigenvalue weighted by atomic mass is 9.98. The Kier molecular flexibility index (Phi) is 4.51. The summed E-state index contributed by atoms with van der Waals surface area (Å²) in [6, 6.07) is -0.563. The lowest BCUT2D eigenvalue weighted by Crippen LogP contribution is -2.55. The van der Waals surface area contributed by atoms with E-state index in [-0.39, 0.29) is 5.91 Å². The number of carbonyl (C=O) groups is 2. The number of likely N-dealkylation sites (tertiary alicyclic amines) is 1. The normalized spacial score (nSPS) is 25.9. The van der Waals surface area contributed by atoms with Crippen LogP contribution >= 0.6 is 0 Å². The zero-order valence-corrected chi connectivity index (χ0v) is 10.6. The minimum atomic E-state index is -1.07. The summed E-state index contributed by atoms with van der Waals surface area (Å²) in [4.78, 5) is 24.8. The second-order valence-corrected chi connectivity index (χ2v) is 4.92. The average molecular weight is 242 g/mol. The highest BCUT2D eigenvalue weighted by atomic mass is 16.4. The van der Waals surface area contributed by atoms with Gasteiger partial charge in [0.25, 0.3) is 0 Å². The third-order valence-corrected chi connectivity index (χ3v) is 3.55. The smallest absolute Gasteiger partial charge is 0.329 e. The topological polar surface area (TPSA) is 83.6 Å². The number of nitrogens with zero attached hydrogens (tertiary/aromatic N) is 1. The number of aliphatic carboxylic acids is 1. The molecular weight excluding hydrogens is 220 g/mol. The summed E-state index contributed by atoms with van der Waals surface area (Å²) >= 11 is 0. The van der Waals surface area contributed by atoms with Crippen molar-refractivity contribution in [3.05, 3.63) is 0 Å². The van der Waals surface area contributed by atoms with Gasteiger partial charge in [-0.3, -0.25) is 4.79 Å². The van der Waals surface area contributed by atoms with Crippen molar-refractivity contribution in [1.82, 2.24) is 4.90 Å². The molecule has 0 radical (unpaired) electrons. The van der Waals surface area contributed by atoms with Gasteiger partial charge in [-0.25, -0.2) is 4.79 Å². The Morgan fingerprint density at radius 1 is 1.53 bits per heavy atom. The van der Waals surface area contributed by atoms with Crippen LogP contribution in [0.1, 0.15) is 46.0 Å². The van der Waals surface area contributed by atoms with E-state index in [2.05, 4.69) is 0 Å². The summed E-state index contributed by atoms with van der Waals surface area (Å²) in [6.45, 7) is 4.14. The summed E-state index contributed by atoms with van der Waals surface area (Å²) in [5.41, 5.74) is 4.75. The van der Waals surface area contributed by atoms with Gasteiger partial charge in [0.2, 0.25) is 5.91 Å². The monoisotopic (exact) mass is 242 g/mol. The number of carboxylic acids is 1. The van der Waals surface area contributed by atoms with Gasteiger partial charge in [-0.2, -0.15) is 0 Å². The van der Waals surface area contributed by atoms with E-state index < -0.39 is 17.6 Å². The lowest BCUT2D eigenvalue weighted by molar-refractivity contribution is -0.155. The summed E-state index contributed by atoms with van der Waals surface area (Å²) in [6.07, 6.45) is 3.74. The fourth-order valence-electron chi connectivity index (χ4n) is 2.29. The number of hydrogen-bond donors (Lipinski definition) is 2. The molecule has 0 aromatic carbocycles. The van der Waals surface area contributed by atoms with Gasteiger partial charge in [-0.15, -0.1) is 0 Å². The van der Waals surface area contributed by atoms with Gasteiger partial charge < -0.3 is 15.7 Å². The molecule has 0 aromatic rings. The Morgan fingerprint density at radius 2 is 2.18 bits per heavy atom. The summed E-state index contributed by atoms with van der Waals surface area (Å²) < 4.78 is 0. The Balaban J connectivity index is 2.71. The van der Waals surface area contributed by atoms with Crippen LogP contribution < -0.4 is 5.73 Å². The van der Waals surface area contributed by atoms with Gasteiger partial charge in [0.1, 0.15) is 5.54 Å². The maximum absolute atomic E-state index is 12.1. The largest absolute Gasteiger partial charge is 0.480 e. The first kappa shape index (κ1) is 14.0. The number of hydrogen-bond acceptors (Lipinski definition) is 3. The second kappa shape index (κ2) is 5.49. The van der Waals surface area contributed by atoms with E-state index in [0.717, 1.165) is 19.3 Å². The highest BCUT2D eigenvalue weighted by Crippen LogP contribution is 2.30. The third-order valence-electron chi connectivity index (χ3n) is 3.55.